The molecular formula is C23H50O3Si2. The first kappa shape index (κ1) is 28.0. The Morgan fingerprint density at radius 3 is 1.39 bits per heavy atom. The van der Waals surface area contributed by atoms with Gasteiger partial charge in [0.15, 0.2) is 8.32 Å². The van der Waals surface area contributed by atoms with Gasteiger partial charge in [0.2, 0.25) is 8.32 Å². The molecule has 4 atom stereocenters. The van der Waals surface area contributed by atoms with E-state index in [0.29, 0.717) is 16.6 Å². The Bertz CT molecular complexity index is 417. The predicted molar refractivity (Wildman–Crippen MR) is 128 cm³/mol. The standard InChI is InChI=1S/C23H50O3Si2/c1-13-27(14-2,15-3)26-23(20(10)16-24)21(11)22(12)25-28(17(4)5,18(6)7)19(8)9/h16-23H,13-15H2,1-12H3/t20-,21+,22+,23-/m1/s1. The Balaban J connectivity index is 5.80. The first-order chi connectivity index (χ1) is 12.9. The summed E-state index contributed by atoms with van der Waals surface area (Å²) >= 11 is 0. The second-order valence-electron chi connectivity index (χ2n) is 9.82. The molecule has 0 aromatic heterocycles. The van der Waals surface area contributed by atoms with Gasteiger partial charge in [-0.25, -0.2) is 0 Å². The summed E-state index contributed by atoms with van der Waals surface area (Å²) in [5, 5.41) is 0. The topological polar surface area (TPSA) is 35.5 Å². The van der Waals surface area contributed by atoms with Gasteiger partial charge in [-0.15, -0.1) is 0 Å². The maximum absolute atomic E-state index is 11.7. The normalized spacial score (nSPS) is 17.8. The number of hydrogen-bond acceptors (Lipinski definition) is 3. The Morgan fingerprint density at radius 2 is 1.11 bits per heavy atom. The van der Waals surface area contributed by atoms with E-state index in [4.69, 9.17) is 8.85 Å². The molecule has 0 bridgehead atoms. The average molecular weight is 431 g/mol. The van der Waals surface area contributed by atoms with Gasteiger partial charge in [0.05, 0.1) is 6.10 Å². The van der Waals surface area contributed by atoms with Crippen molar-refractivity contribution in [2.24, 2.45) is 11.8 Å². The number of rotatable bonds is 14. The van der Waals surface area contributed by atoms with Crippen molar-refractivity contribution in [1.29, 1.82) is 0 Å². The molecule has 0 aromatic rings. The van der Waals surface area contributed by atoms with Gasteiger partial charge >= 0.3 is 0 Å². The Hall–Kier alpha value is 0.0238. The van der Waals surface area contributed by atoms with Crippen molar-refractivity contribution >= 4 is 22.9 Å². The summed E-state index contributed by atoms with van der Waals surface area (Å²) in [4.78, 5) is 11.7. The fourth-order valence-electron chi connectivity index (χ4n) is 5.16. The van der Waals surface area contributed by atoms with Crippen molar-refractivity contribution in [2.45, 2.75) is 130 Å². The van der Waals surface area contributed by atoms with E-state index in [-0.39, 0.29) is 24.0 Å². The van der Waals surface area contributed by atoms with E-state index < -0.39 is 16.6 Å². The Kier molecular flexibility index (Phi) is 12.0. The smallest absolute Gasteiger partial charge is 0.200 e. The van der Waals surface area contributed by atoms with E-state index in [1.165, 1.54) is 0 Å². The summed E-state index contributed by atoms with van der Waals surface area (Å²) < 4.78 is 13.9. The SMILES string of the molecule is CC[Si](CC)(CC)O[C@@H]([C@@H](C)[C@H](C)O[Si](C(C)C)(C(C)C)C(C)C)[C@H](C)C=O. The fraction of sp³-hybridized carbons (Fsp3) is 0.957. The van der Waals surface area contributed by atoms with Crippen LogP contribution in [0.25, 0.3) is 0 Å². The first-order valence-corrected chi connectivity index (χ1v) is 16.4. The zero-order valence-electron chi connectivity index (χ0n) is 21.0. The molecule has 0 radical (unpaired) electrons. The third-order valence-corrected chi connectivity index (χ3v) is 18.2. The van der Waals surface area contributed by atoms with Crippen LogP contribution >= 0.6 is 0 Å². The quantitative estimate of drug-likeness (QED) is 0.212. The van der Waals surface area contributed by atoms with Crippen LogP contribution in [0, 0.1) is 11.8 Å². The summed E-state index contributed by atoms with van der Waals surface area (Å²) in [6.07, 6.45) is 1.10. The molecule has 0 unspecified atom stereocenters. The van der Waals surface area contributed by atoms with Gasteiger partial charge in [0, 0.05) is 17.9 Å². The van der Waals surface area contributed by atoms with Crippen LogP contribution in [-0.4, -0.2) is 35.1 Å². The third kappa shape index (κ3) is 6.26. The van der Waals surface area contributed by atoms with Crippen molar-refractivity contribution in [3.05, 3.63) is 0 Å². The van der Waals surface area contributed by atoms with E-state index in [0.717, 1.165) is 24.4 Å². The fourth-order valence-corrected chi connectivity index (χ4v) is 13.8. The van der Waals surface area contributed by atoms with Gasteiger partial charge in [-0.2, -0.15) is 0 Å². The molecule has 5 heteroatoms. The summed E-state index contributed by atoms with van der Waals surface area (Å²) in [6.45, 7) is 27.2. The van der Waals surface area contributed by atoms with E-state index in [1.807, 2.05) is 6.92 Å². The van der Waals surface area contributed by atoms with Crippen LogP contribution in [0.3, 0.4) is 0 Å². The molecule has 0 aliphatic rings. The average Bonchev–Trinajstić information content (AvgIpc) is 2.65. The molecule has 0 saturated heterocycles. The lowest BCUT2D eigenvalue weighted by molar-refractivity contribution is -0.115. The van der Waals surface area contributed by atoms with Crippen LogP contribution in [0.15, 0.2) is 0 Å². The van der Waals surface area contributed by atoms with Crippen molar-refractivity contribution < 1.29 is 13.6 Å². The monoisotopic (exact) mass is 430 g/mol. The second kappa shape index (κ2) is 12.0. The molecule has 0 aliphatic heterocycles. The minimum Gasteiger partial charge on any atom is -0.413 e. The molecule has 28 heavy (non-hydrogen) atoms. The van der Waals surface area contributed by atoms with Crippen molar-refractivity contribution in [1.82, 2.24) is 0 Å². The van der Waals surface area contributed by atoms with Gasteiger partial charge in [-0.1, -0.05) is 76.2 Å². The molecular weight excluding hydrogens is 380 g/mol. The van der Waals surface area contributed by atoms with Gasteiger partial charge in [0.25, 0.3) is 0 Å². The zero-order valence-corrected chi connectivity index (χ0v) is 23.0. The highest BCUT2D eigenvalue weighted by atomic mass is 28.4. The summed E-state index contributed by atoms with van der Waals surface area (Å²) in [6, 6.07) is 3.31. The third-order valence-electron chi connectivity index (χ3n) is 7.41. The lowest BCUT2D eigenvalue weighted by Crippen LogP contribution is -2.53. The zero-order chi connectivity index (χ0) is 22.3. The molecule has 0 heterocycles. The Labute approximate surface area is 178 Å². The summed E-state index contributed by atoms with van der Waals surface area (Å²) in [7, 11) is -3.76. The molecule has 0 amide bonds. The molecule has 0 N–H and O–H groups in total. The number of carbonyl (C=O) groups is 1. The lowest BCUT2D eigenvalue weighted by atomic mass is 9.91. The van der Waals surface area contributed by atoms with Crippen LogP contribution in [-0.2, 0) is 13.6 Å². The minimum absolute atomic E-state index is 0.0581. The maximum atomic E-state index is 11.7. The Morgan fingerprint density at radius 1 is 0.714 bits per heavy atom. The summed E-state index contributed by atoms with van der Waals surface area (Å²) in [5.74, 6) is 0.0886. The van der Waals surface area contributed by atoms with Crippen molar-refractivity contribution in [3.63, 3.8) is 0 Å². The van der Waals surface area contributed by atoms with Gasteiger partial charge in [0.1, 0.15) is 6.29 Å². The van der Waals surface area contributed by atoms with Crippen LogP contribution in [0.4, 0.5) is 0 Å². The van der Waals surface area contributed by atoms with Crippen LogP contribution in [0.1, 0.15) is 83.1 Å². The van der Waals surface area contributed by atoms with E-state index in [9.17, 15) is 4.79 Å². The highest BCUT2D eigenvalue weighted by molar-refractivity contribution is 6.77. The van der Waals surface area contributed by atoms with E-state index in [2.05, 4.69) is 76.2 Å². The molecule has 168 valence electrons. The summed E-state index contributed by atoms with van der Waals surface area (Å²) in [5.41, 5.74) is 1.67. The first-order valence-electron chi connectivity index (χ1n) is 11.7. The van der Waals surface area contributed by atoms with Crippen molar-refractivity contribution in [2.75, 3.05) is 0 Å². The molecule has 0 saturated carbocycles. The lowest BCUT2D eigenvalue weighted by Gasteiger charge is -2.47. The number of aldehydes is 1. The van der Waals surface area contributed by atoms with Gasteiger partial charge in [-0.05, 0) is 41.7 Å². The van der Waals surface area contributed by atoms with Crippen LogP contribution in [0.5, 0.6) is 0 Å². The second-order valence-corrected chi connectivity index (χ2v) is 20.0. The molecule has 0 spiro atoms. The number of carbonyl (C=O) groups excluding carboxylic acids is 1. The van der Waals surface area contributed by atoms with Crippen molar-refractivity contribution in [3.8, 4) is 0 Å². The molecule has 0 aliphatic carbocycles. The molecule has 0 rings (SSSR count). The molecule has 0 aromatic carbocycles. The van der Waals surface area contributed by atoms with Crippen LogP contribution in [0.2, 0.25) is 34.8 Å². The predicted octanol–water partition coefficient (Wildman–Crippen LogP) is 7.43. The van der Waals surface area contributed by atoms with Gasteiger partial charge in [-0.3, -0.25) is 0 Å². The van der Waals surface area contributed by atoms with E-state index >= 15 is 0 Å². The molecule has 3 nitrogen and oxygen atoms in total. The van der Waals surface area contributed by atoms with E-state index in [1.54, 1.807) is 0 Å². The highest BCUT2D eigenvalue weighted by Crippen LogP contribution is 2.44. The molecule has 0 fully saturated rings. The van der Waals surface area contributed by atoms with Crippen LogP contribution < -0.4 is 0 Å². The highest BCUT2D eigenvalue weighted by Gasteiger charge is 2.47. The van der Waals surface area contributed by atoms with Gasteiger partial charge < -0.3 is 13.6 Å². The minimum atomic E-state index is -1.96. The maximum Gasteiger partial charge on any atom is 0.200 e. The number of hydrogen-bond donors (Lipinski definition) is 0. The largest absolute Gasteiger partial charge is 0.413 e.